The van der Waals surface area contributed by atoms with Gasteiger partial charge in [0, 0.05) is 53.9 Å². The largest absolute Gasteiger partial charge is 0.496 e. The molecule has 1 saturated heterocycles. The van der Waals surface area contributed by atoms with E-state index in [2.05, 4.69) is 21.8 Å². The van der Waals surface area contributed by atoms with E-state index < -0.39 is 12.5 Å². The van der Waals surface area contributed by atoms with Gasteiger partial charge in [0.2, 0.25) is 5.95 Å². The highest BCUT2D eigenvalue weighted by atomic mass is 32.1. The van der Waals surface area contributed by atoms with Crippen molar-refractivity contribution in [3.63, 3.8) is 0 Å². The fourth-order valence-electron chi connectivity index (χ4n) is 4.91. The van der Waals surface area contributed by atoms with E-state index in [1.807, 2.05) is 32.0 Å². The lowest BCUT2D eigenvalue weighted by Gasteiger charge is -2.34. The molecule has 0 radical (unpaired) electrons. The maximum absolute atomic E-state index is 14.3. The van der Waals surface area contributed by atoms with E-state index in [9.17, 15) is 14.6 Å². The van der Waals surface area contributed by atoms with Crippen molar-refractivity contribution < 1.29 is 24.1 Å². The zero-order valence-electron chi connectivity index (χ0n) is 23.1. The Morgan fingerprint density at radius 3 is 2.52 bits per heavy atom. The molecule has 0 saturated carbocycles. The van der Waals surface area contributed by atoms with Crippen LogP contribution in [0.1, 0.15) is 18.7 Å². The summed E-state index contributed by atoms with van der Waals surface area (Å²) in [4.78, 5) is 16.2. The third-order valence-corrected chi connectivity index (χ3v) is 8.01. The molecule has 40 heavy (non-hydrogen) atoms. The number of methoxy groups -OCH3 is 1. The average molecular weight is 568 g/mol. The van der Waals surface area contributed by atoms with E-state index in [1.165, 1.54) is 30.6 Å². The molecule has 11 heteroatoms. The van der Waals surface area contributed by atoms with Crippen LogP contribution in [0.5, 0.6) is 11.5 Å². The second-order valence-electron chi connectivity index (χ2n) is 9.96. The molecular weight excluding hydrogens is 533 g/mol. The van der Waals surface area contributed by atoms with Gasteiger partial charge in [-0.1, -0.05) is 0 Å². The van der Waals surface area contributed by atoms with Crippen molar-refractivity contribution in [1.29, 1.82) is 0 Å². The van der Waals surface area contributed by atoms with Crippen molar-refractivity contribution >= 4 is 38.9 Å². The molecule has 0 amide bonds. The molecule has 1 aliphatic heterocycles. The fraction of sp³-hybridized carbons (Fsp3) is 0.379. The quantitative estimate of drug-likeness (QED) is 0.281. The van der Waals surface area contributed by atoms with Gasteiger partial charge in [-0.05, 0) is 51.2 Å². The number of anilines is 3. The summed E-state index contributed by atoms with van der Waals surface area (Å²) in [5, 5.41) is 20.7. The van der Waals surface area contributed by atoms with Crippen molar-refractivity contribution in [2.24, 2.45) is 0 Å². The van der Waals surface area contributed by atoms with Gasteiger partial charge in [0.05, 0.1) is 41.9 Å². The molecule has 2 aromatic carbocycles. The minimum Gasteiger partial charge on any atom is -0.496 e. The number of ether oxygens (including phenoxy) is 2. The van der Waals surface area contributed by atoms with Crippen molar-refractivity contribution in [3.05, 3.63) is 53.3 Å². The normalized spacial score (nSPS) is 14.2. The Bertz CT molecular complexity index is 1490. The Balaban J connectivity index is 1.60. The monoisotopic (exact) mass is 567 g/mol. The van der Waals surface area contributed by atoms with Gasteiger partial charge >= 0.3 is 0 Å². The molecule has 2 N–H and O–H groups in total. The van der Waals surface area contributed by atoms with Crippen LogP contribution in [-0.4, -0.2) is 78.3 Å². The van der Waals surface area contributed by atoms with E-state index in [1.54, 1.807) is 17.2 Å². The zero-order chi connectivity index (χ0) is 28.4. The molecule has 0 atom stereocenters. The Morgan fingerprint density at radius 1 is 1.07 bits per heavy atom. The number of rotatable bonds is 9. The summed E-state index contributed by atoms with van der Waals surface area (Å²) in [6, 6.07) is 10.2. The van der Waals surface area contributed by atoms with Crippen LogP contribution in [0, 0.1) is 5.82 Å². The number of thiophene rings is 1. The molecule has 4 aromatic rings. The first-order valence-corrected chi connectivity index (χ1v) is 14.0. The van der Waals surface area contributed by atoms with Gasteiger partial charge < -0.3 is 29.5 Å². The first-order chi connectivity index (χ1) is 19.3. The Hall–Kier alpha value is -3.51. The summed E-state index contributed by atoms with van der Waals surface area (Å²) in [6.45, 7) is 7.05. The van der Waals surface area contributed by atoms with Crippen LogP contribution in [0.2, 0.25) is 0 Å². The van der Waals surface area contributed by atoms with Crippen LogP contribution in [0.3, 0.4) is 0 Å². The number of benzene rings is 2. The third-order valence-electron chi connectivity index (χ3n) is 6.91. The van der Waals surface area contributed by atoms with Crippen LogP contribution in [-0.2, 0) is 6.61 Å². The van der Waals surface area contributed by atoms with Gasteiger partial charge in [-0.15, -0.1) is 11.3 Å². The molecule has 1 aliphatic rings. The summed E-state index contributed by atoms with van der Waals surface area (Å²) in [5.41, 5.74) is 3.26. The molecule has 9 nitrogen and oxygen atoms in total. The molecule has 0 spiro atoms. The lowest BCUT2D eigenvalue weighted by atomic mass is 10.0. The van der Waals surface area contributed by atoms with E-state index in [0.717, 1.165) is 36.6 Å². The highest BCUT2D eigenvalue weighted by Crippen LogP contribution is 2.43. The lowest BCUT2D eigenvalue weighted by Crippen LogP contribution is -2.44. The summed E-state index contributed by atoms with van der Waals surface area (Å²) in [7, 11) is 3.64. The number of likely N-dealkylation sites (N-methyl/N-ethyl adjacent to an activating group) is 1. The number of aliphatic hydroxyl groups excluding tert-OH is 2. The Morgan fingerprint density at radius 2 is 1.85 bits per heavy atom. The SMILES string of the molecule is COc1ccc(F)cc1-c1c(CO)sc2cnc(N(CO)c3ccc(N4CCN(C)CC4)cc3OC(C)C)nc12. The maximum atomic E-state index is 14.3. The summed E-state index contributed by atoms with van der Waals surface area (Å²) in [5.74, 6) is 0.885. The number of fused-ring (bicyclic) bond motifs is 1. The van der Waals surface area contributed by atoms with E-state index >= 15 is 0 Å². The van der Waals surface area contributed by atoms with Gasteiger partial charge in [-0.3, -0.25) is 4.90 Å². The van der Waals surface area contributed by atoms with Crippen LogP contribution < -0.4 is 19.3 Å². The van der Waals surface area contributed by atoms with Crippen molar-refractivity contribution in [3.8, 4) is 22.6 Å². The molecule has 2 aromatic heterocycles. The predicted octanol–water partition coefficient (Wildman–Crippen LogP) is 4.63. The zero-order valence-corrected chi connectivity index (χ0v) is 23.9. The van der Waals surface area contributed by atoms with Gasteiger partial charge in [0.25, 0.3) is 0 Å². The fourth-order valence-corrected chi connectivity index (χ4v) is 5.90. The molecule has 5 rings (SSSR count). The van der Waals surface area contributed by atoms with Gasteiger partial charge in [0.15, 0.2) is 0 Å². The third kappa shape index (κ3) is 5.55. The molecule has 212 valence electrons. The van der Waals surface area contributed by atoms with Gasteiger partial charge in [-0.2, -0.15) is 0 Å². The number of nitrogens with zero attached hydrogens (tertiary/aromatic N) is 5. The highest BCUT2D eigenvalue weighted by Gasteiger charge is 2.24. The summed E-state index contributed by atoms with van der Waals surface area (Å²) in [6.07, 6.45) is 1.56. The van der Waals surface area contributed by atoms with Crippen molar-refractivity contribution in [2.45, 2.75) is 26.6 Å². The molecule has 0 bridgehead atoms. The molecule has 0 aliphatic carbocycles. The van der Waals surface area contributed by atoms with Gasteiger partial charge in [-0.25, -0.2) is 14.4 Å². The van der Waals surface area contributed by atoms with Gasteiger partial charge in [0.1, 0.15) is 24.0 Å². The molecule has 3 heterocycles. The van der Waals surface area contributed by atoms with Crippen LogP contribution in [0.15, 0.2) is 42.6 Å². The number of aromatic nitrogens is 2. The van der Waals surface area contributed by atoms with Crippen LogP contribution in [0.25, 0.3) is 21.3 Å². The maximum Gasteiger partial charge on any atom is 0.232 e. The number of piperazine rings is 1. The van der Waals surface area contributed by atoms with Crippen molar-refractivity contribution in [1.82, 2.24) is 14.9 Å². The second-order valence-corrected chi connectivity index (χ2v) is 11.1. The number of halogens is 1. The smallest absolute Gasteiger partial charge is 0.232 e. The average Bonchev–Trinajstić information content (AvgIpc) is 3.32. The van der Waals surface area contributed by atoms with Crippen molar-refractivity contribution in [2.75, 3.05) is 56.9 Å². The predicted molar refractivity (Wildman–Crippen MR) is 156 cm³/mol. The van der Waals surface area contributed by atoms with E-state index in [-0.39, 0.29) is 18.7 Å². The molecule has 0 unspecified atom stereocenters. The second kappa shape index (κ2) is 11.9. The number of hydrogen-bond donors (Lipinski definition) is 2. The van der Waals surface area contributed by atoms with Crippen LogP contribution in [0.4, 0.5) is 21.7 Å². The topological polar surface area (TPSA) is 94.4 Å². The molecular formula is C29H34FN5O4S. The van der Waals surface area contributed by atoms with Crippen LogP contribution >= 0.6 is 11.3 Å². The Kier molecular flexibility index (Phi) is 8.36. The summed E-state index contributed by atoms with van der Waals surface area (Å²) < 4.78 is 26.8. The Labute approximate surface area is 237 Å². The first-order valence-electron chi connectivity index (χ1n) is 13.2. The first kappa shape index (κ1) is 28.0. The van der Waals surface area contributed by atoms with E-state index in [4.69, 9.17) is 14.5 Å². The standard InChI is InChI=1S/C29H34FN5O4S/c1-18(2)39-24-14-20(34-11-9-33(3)10-12-34)6-7-22(24)35(17-37)29-31-15-25-28(32-29)27(26(16-36)40-25)21-13-19(30)5-8-23(21)38-4/h5-8,13-15,18,36-37H,9-12,16-17H2,1-4H3. The summed E-state index contributed by atoms with van der Waals surface area (Å²) >= 11 is 1.33. The number of aliphatic hydroxyl groups is 2. The minimum absolute atomic E-state index is 0.0959. The molecule has 1 fully saturated rings. The number of hydrogen-bond acceptors (Lipinski definition) is 10. The minimum atomic E-state index is -0.429. The van der Waals surface area contributed by atoms with E-state index in [0.29, 0.717) is 38.7 Å². The highest BCUT2D eigenvalue weighted by molar-refractivity contribution is 7.19. The lowest BCUT2D eigenvalue weighted by molar-refractivity contribution is 0.240.